The van der Waals surface area contributed by atoms with Crippen molar-refractivity contribution in [1.82, 2.24) is 14.1 Å². The van der Waals surface area contributed by atoms with Crippen LogP contribution in [0.3, 0.4) is 0 Å². The van der Waals surface area contributed by atoms with E-state index in [2.05, 4.69) is 5.10 Å². The molecule has 2 aromatic rings. The summed E-state index contributed by atoms with van der Waals surface area (Å²) in [7, 11) is -4.13. The van der Waals surface area contributed by atoms with Gasteiger partial charge in [0, 0.05) is 6.54 Å². The molecule has 1 aromatic carbocycles. The Morgan fingerprint density at radius 2 is 2.04 bits per heavy atom. The molecule has 28 heavy (non-hydrogen) atoms. The Morgan fingerprint density at radius 1 is 1.32 bits per heavy atom. The minimum atomic E-state index is -4.13. The van der Waals surface area contributed by atoms with Crippen molar-refractivity contribution in [2.75, 3.05) is 19.7 Å². The van der Waals surface area contributed by atoms with E-state index in [9.17, 15) is 18.5 Å². The highest BCUT2D eigenvalue weighted by molar-refractivity contribution is 7.89. The molecule has 0 saturated carbocycles. The van der Waals surface area contributed by atoms with Crippen molar-refractivity contribution < 1.29 is 22.8 Å². The van der Waals surface area contributed by atoms with Gasteiger partial charge in [0.25, 0.3) is 10.0 Å². The van der Waals surface area contributed by atoms with Crippen LogP contribution in [0, 0.1) is 10.1 Å². The number of rotatable bonds is 8. The second-order valence-electron chi connectivity index (χ2n) is 6.29. The molecule has 0 N–H and O–H groups in total. The number of ether oxygens (including phenoxy) is 2. The van der Waals surface area contributed by atoms with Gasteiger partial charge in [-0.2, -0.15) is 8.99 Å². The lowest BCUT2D eigenvalue weighted by atomic mass is 10.2. The third-order valence-electron chi connectivity index (χ3n) is 4.27. The molecular weight excluding hydrogens is 388 g/mol. The fourth-order valence-electron chi connectivity index (χ4n) is 2.94. The second-order valence-corrected chi connectivity index (χ2v) is 8.20. The molecule has 1 aliphatic rings. The number of hydrogen-bond acceptors (Lipinski definition) is 7. The lowest BCUT2D eigenvalue weighted by Gasteiger charge is -2.30. The summed E-state index contributed by atoms with van der Waals surface area (Å²) >= 11 is 0. The number of hydrogen-bond donors (Lipinski definition) is 0. The highest BCUT2D eigenvalue weighted by Gasteiger charge is 2.37. The van der Waals surface area contributed by atoms with Crippen molar-refractivity contribution in [2.24, 2.45) is 0 Å². The summed E-state index contributed by atoms with van der Waals surface area (Å²) in [6.07, 6.45) is 1.21. The molecule has 1 atom stereocenters. The summed E-state index contributed by atoms with van der Waals surface area (Å²) < 4.78 is 40.3. The normalized spacial score (nSPS) is 16.3. The first-order chi connectivity index (χ1) is 13.4. The van der Waals surface area contributed by atoms with E-state index in [0.29, 0.717) is 24.5 Å². The zero-order valence-electron chi connectivity index (χ0n) is 15.6. The first kappa shape index (κ1) is 20.1. The number of sulfonamides is 1. The van der Waals surface area contributed by atoms with Crippen LogP contribution in [0.4, 0.5) is 5.82 Å². The maximum Gasteiger partial charge on any atom is 0.410 e. The number of nitrogens with zero attached hydrogens (tertiary/aromatic N) is 4. The van der Waals surface area contributed by atoms with Crippen LogP contribution in [0.2, 0.25) is 0 Å². The molecule has 10 nitrogen and oxygen atoms in total. The molecule has 0 aliphatic carbocycles. The van der Waals surface area contributed by atoms with Crippen LogP contribution < -0.4 is 9.47 Å². The van der Waals surface area contributed by atoms with Crippen LogP contribution in [-0.2, 0) is 16.6 Å². The Kier molecular flexibility index (Phi) is 5.84. The van der Waals surface area contributed by atoms with Crippen molar-refractivity contribution in [2.45, 2.75) is 37.8 Å². The SMILES string of the molecule is CCCN(C[C@H]1COc2ccccc2O1)S(=O)(=O)c1cn(CC)nc1[N+](=O)[O-]. The van der Waals surface area contributed by atoms with Crippen molar-refractivity contribution in [3.63, 3.8) is 0 Å². The minimum absolute atomic E-state index is 0.0129. The lowest BCUT2D eigenvalue weighted by Crippen LogP contribution is -2.44. The third kappa shape index (κ3) is 3.94. The van der Waals surface area contributed by atoms with E-state index in [0.717, 1.165) is 0 Å². The summed E-state index contributed by atoms with van der Waals surface area (Å²) in [5, 5.41) is 15.1. The van der Waals surface area contributed by atoms with Crippen LogP contribution >= 0.6 is 0 Å². The van der Waals surface area contributed by atoms with Gasteiger partial charge >= 0.3 is 5.82 Å². The molecule has 0 amide bonds. The van der Waals surface area contributed by atoms with Gasteiger partial charge in [-0.25, -0.2) is 8.42 Å². The number of aryl methyl sites for hydroxylation is 1. The zero-order valence-corrected chi connectivity index (χ0v) is 16.5. The molecule has 0 fully saturated rings. The van der Waals surface area contributed by atoms with E-state index < -0.39 is 31.8 Å². The number of para-hydroxylation sites is 2. The maximum atomic E-state index is 13.2. The number of benzene rings is 1. The van der Waals surface area contributed by atoms with Crippen LogP contribution in [-0.4, -0.2) is 53.2 Å². The van der Waals surface area contributed by atoms with Gasteiger partial charge in [-0.15, -0.1) is 0 Å². The predicted molar refractivity (Wildman–Crippen MR) is 100.0 cm³/mol. The van der Waals surface area contributed by atoms with Crippen molar-refractivity contribution in [3.05, 3.63) is 40.6 Å². The standard InChI is InChI=1S/C17H22N4O6S/c1-3-9-20(10-13-12-26-14-7-5-6-8-15(14)27-13)28(24,25)16-11-19(4-2)18-17(16)21(22)23/h5-8,11,13H,3-4,9-10,12H2,1-2H3/t13-/m0/s1. The maximum absolute atomic E-state index is 13.2. The van der Waals surface area contributed by atoms with Crippen LogP contribution in [0.15, 0.2) is 35.4 Å². The number of nitro groups is 1. The van der Waals surface area contributed by atoms with E-state index in [1.54, 1.807) is 25.1 Å². The molecule has 0 radical (unpaired) electrons. The predicted octanol–water partition coefficient (Wildman–Crippen LogP) is 2.05. The summed E-state index contributed by atoms with van der Waals surface area (Å²) in [5.41, 5.74) is 0. The highest BCUT2D eigenvalue weighted by atomic mass is 32.2. The van der Waals surface area contributed by atoms with E-state index in [4.69, 9.17) is 9.47 Å². The van der Waals surface area contributed by atoms with E-state index >= 15 is 0 Å². The topological polar surface area (TPSA) is 117 Å². The highest BCUT2D eigenvalue weighted by Crippen LogP contribution is 2.32. The number of fused-ring (bicyclic) bond motifs is 1. The van der Waals surface area contributed by atoms with Gasteiger partial charge in [-0.3, -0.25) is 0 Å². The summed E-state index contributed by atoms with van der Waals surface area (Å²) in [4.78, 5) is 10.1. The van der Waals surface area contributed by atoms with Crippen LogP contribution in [0.5, 0.6) is 11.5 Å². The third-order valence-corrected chi connectivity index (χ3v) is 6.13. The molecule has 0 spiro atoms. The smallest absolute Gasteiger partial charge is 0.410 e. The van der Waals surface area contributed by atoms with Crippen molar-refractivity contribution >= 4 is 15.8 Å². The Labute approximate surface area is 162 Å². The Hall–Kier alpha value is -2.66. The molecule has 0 bridgehead atoms. The number of aromatic nitrogens is 2. The zero-order chi connectivity index (χ0) is 20.3. The van der Waals surface area contributed by atoms with Gasteiger partial charge in [0.1, 0.15) is 12.7 Å². The van der Waals surface area contributed by atoms with Gasteiger partial charge in [0.15, 0.2) is 11.5 Å². The van der Waals surface area contributed by atoms with Gasteiger partial charge in [-0.05, 0) is 30.4 Å². The fourth-order valence-corrected chi connectivity index (χ4v) is 4.61. The van der Waals surface area contributed by atoms with E-state index in [1.807, 2.05) is 13.0 Å². The summed E-state index contributed by atoms with van der Waals surface area (Å²) in [6.45, 7) is 4.27. The average molecular weight is 410 g/mol. The molecule has 0 unspecified atom stereocenters. The molecule has 11 heteroatoms. The quantitative estimate of drug-likeness (QED) is 0.483. The van der Waals surface area contributed by atoms with E-state index in [-0.39, 0.29) is 19.7 Å². The first-order valence-corrected chi connectivity index (χ1v) is 10.4. The molecular formula is C17H22N4O6S. The largest absolute Gasteiger partial charge is 0.486 e. The minimum Gasteiger partial charge on any atom is -0.486 e. The van der Waals surface area contributed by atoms with Crippen molar-refractivity contribution in [1.29, 1.82) is 0 Å². The van der Waals surface area contributed by atoms with Crippen molar-refractivity contribution in [3.8, 4) is 11.5 Å². The molecule has 1 aromatic heterocycles. The van der Waals surface area contributed by atoms with Gasteiger partial charge in [-0.1, -0.05) is 19.1 Å². The Morgan fingerprint density at radius 3 is 2.68 bits per heavy atom. The fraction of sp³-hybridized carbons (Fsp3) is 0.471. The molecule has 2 heterocycles. The van der Waals surface area contributed by atoms with Gasteiger partial charge in [0.05, 0.1) is 24.4 Å². The van der Waals surface area contributed by atoms with E-state index in [1.165, 1.54) is 15.2 Å². The molecule has 0 saturated heterocycles. The molecule has 1 aliphatic heterocycles. The van der Waals surface area contributed by atoms with Gasteiger partial charge in [0.2, 0.25) is 4.90 Å². The van der Waals surface area contributed by atoms with Crippen LogP contribution in [0.1, 0.15) is 20.3 Å². The van der Waals surface area contributed by atoms with Crippen LogP contribution in [0.25, 0.3) is 0 Å². The lowest BCUT2D eigenvalue weighted by molar-refractivity contribution is -0.392. The van der Waals surface area contributed by atoms with Gasteiger partial charge < -0.3 is 19.6 Å². The molecule has 152 valence electrons. The average Bonchev–Trinajstić information content (AvgIpc) is 3.13. The molecule has 3 rings (SSSR count). The summed E-state index contributed by atoms with van der Waals surface area (Å²) in [6, 6.07) is 7.14. The first-order valence-electron chi connectivity index (χ1n) is 8.97. The second kappa shape index (κ2) is 8.15. The Balaban J connectivity index is 1.88. The Bertz CT molecular complexity index is 958. The summed E-state index contributed by atoms with van der Waals surface area (Å²) in [5.74, 6) is 0.468. The monoisotopic (exact) mass is 410 g/mol.